The van der Waals surface area contributed by atoms with Gasteiger partial charge in [0, 0.05) is 18.5 Å². The number of carbonyl (C=O) groups is 2. The zero-order valence-electron chi connectivity index (χ0n) is 9.02. The van der Waals surface area contributed by atoms with Gasteiger partial charge >= 0.3 is 12.1 Å². The van der Waals surface area contributed by atoms with E-state index in [1.54, 1.807) is 4.90 Å². The lowest BCUT2D eigenvalue weighted by Crippen LogP contribution is -2.30. The molecule has 2 atom stereocenters. The van der Waals surface area contributed by atoms with Gasteiger partial charge in [0.25, 0.3) is 0 Å². The first-order valence-electron chi connectivity index (χ1n) is 5.34. The summed E-state index contributed by atoms with van der Waals surface area (Å²) in [6, 6.07) is 0. The number of carbonyl (C=O) groups excluding carboxylic acids is 1. The Labute approximate surface area is 93.7 Å². The minimum absolute atomic E-state index is 0.168. The molecule has 5 nitrogen and oxygen atoms in total. The number of carboxylic acid groups (broad SMARTS) is 1. The highest BCUT2D eigenvalue weighted by molar-refractivity contribution is 5.76. The fraction of sp³-hybridized carbons (Fsp3) is 0.636. The van der Waals surface area contributed by atoms with E-state index in [-0.39, 0.29) is 24.0 Å². The number of amides is 1. The number of carboxylic acids is 1. The first kappa shape index (κ1) is 11.0. The van der Waals surface area contributed by atoms with E-state index in [1.165, 1.54) is 6.08 Å². The second-order valence-corrected chi connectivity index (χ2v) is 4.49. The van der Waals surface area contributed by atoms with Crippen molar-refractivity contribution in [1.82, 2.24) is 4.90 Å². The van der Waals surface area contributed by atoms with Crippen LogP contribution in [0.3, 0.4) is 0 Å². The number of rotatable bonds is 3. The molecule has 0 bridgehead atoms. The Morgan fingerprint density at radius 2 is 2.38 bits per heavy atom. The number of nitrogens with zero attached hydrogens (tertiary/aromatic N) is 1. The molecule has 0 radical (unpaired) electrons. The third kappa shape index (κ3) is 1.77. The van der Waals surface area contributed by atoms with Crippen molar-refractivity contribution in [2.75, 3.05) is 19.7 Å². The Morgan fingerprint density at radius 3 is 2.94 bits per heavy atom. The van der Waals surface area contributed by atoms with Gasteiger partial charge in [0.1, 0.15) is 6.61 Å². The van der Waals surface area contributed by atoms with Crippen molar-refractivity contribution >= 4 is 12.1 Å². The van der Waals surface area contributed by atoms with E-state index in [0.717, 1.165) is 6.42 Å². The lowest BCUT2D eigenvalue weighted by atomic mass is 10.0. The maximum Gasteiger partial charge on any atom is 0.410 e. The lowest BCUT2D eigenvalue weighted by Gasteiger charge is -2.15. The molecular weight excluding hydrogens is 210 g/mol. The maximum atomic E-state index is 11.5. The maximum absolute atomic E-state index is 11.5. The average molecular weight is 225 g/mol. The van der Waals surface area contributed by atoms with E-state index in [4.69, 9.17) is 9.84 Å². The van der Waals surface area contributed by atoms with Crippen LogP contribution >= 0.6 is 0 Å². The van der Waals surface area contributed by atoms with Crippen LogP contribution in [0.1, 0.15) is 12.8 Å². The van der Waals surface area contributed by atoms with Crippen LogP contribution in [0.5, 0.6) is 0 Å². The molecule has 2 rings (SSSR count). The summed E-state index contributed by atoms with van der Waals surface area (Å²) in [5.74, 6) is -1.02. The molecule has 1 N–H and O–H groups in total. The molecule has 2 aliphatic rings. The van der Waals surface area contributed by atoms with Gasteiger partial charge in [-0.1, -0.05) is 12.7 Å². The van der Waals surface area contributed by atoms with Gasteiger partial charge in [0.15, 0.2) is 0 Å². The van der Waals surface area contributed by atoms with Crippen LogP contribution in [-0.2, 0) is 9.53 Å². The molecule has 16 heavy (non-hydrogen) atoms. The van der Waals surface area contributed by atoms with Gasteiger partial charge in [-0.2, -0.15) is 0 Å². The zero-order chi connectivity index (χ0) is 11.8. The molecule has 1 heterocycles. The van der Waals surface area contributed by atoms with Gasteiger partial charge in [-0.3, -0.25) is 4.79 Å². The quantitative estimate of drug-likeness (QED) is 0.730. The van der Waals surface area contributed by atoms with Gasteiger partial charge in [0.05, 0.1) is 5.92 Å². The first-order chi connectivity index (χ1) is 7.59. The highest BCUT2D eigenvalue weighted by atomic mass is 16.6. The summed E-state index contributed by atoms with van der Waals surface area (Å²) in [4.78, 5) is 23.9. The summed E-state index contributed by atoms with van der Waals surface area (Å²) in [6.07, 6.45) is 2.61. The molecule has 2 fully saturated rings. The molecule has 0 aromatic carbocycles. The van der Waals surface area contributed by atoms with Crippen LogP contribution in [0.2, 0.25) is 0 Å². The molecule has 2 unspecified atom stereocenters. The second kappa shape index (κ2) is 3.81. The van der Waals surface area contributed by atoms with Crippen molar-refractivity contribution in [2.24, 2.45) is 11.3 Å². The van der Waals surface area contributed by atoms with Crippen molar-refractivity contribution in [3.63, 3.8) is 0 Å². The average Bonchev–Trinajstić information content (AvgIpc) is 2.77. The van der Waals surface area contributed by atoms with Gasteiger partial charge in [-0.15, -0.1) is 0 Å². The molecule has 1 amide bonds. The van der Waals surface area contributed by atoms with E-state index in [2.05, 4.69) is 6.58 Å². The monoisotopic (exact) mass is 225 g/mol. The molecule has 1 spiro atoms. The molecule has 0 aromatic rings. The second-order valence-electron chi connectivity index (χ2n) is 4.49. The van der Waals surface area contributed by atoms with Gasteiger partial charge in [-0.05, 0) is 12.8 Å². The third-order valence-electron chi connectivity index (χ3n) is 3.46. The minimum atomic E-state index is -0.749. The summed E-state index contributed by atoms with van der Waals surface area (Å²) in [5, 5.41) is 8.90. The largest absolute Gasteiger partial charge is 0.481 e. The smallest absolute Gasteiger partial charge is 0.410 e. The summed E-state index contributed by atoms with van der Waals surface area (Å²) >= 11 is 0. The molecule has 1 aliphatic carbocycles. The Bertz CT molecular complexity index is 341. The molecule has 0 aromatic heterocycles. The van der Waals surface area contributed by atoms with Crippen molar-refractivity contribution in [2.45, 2.75) is 12.8 Å². The van der Waals surface area contributed by atoms with Crippen LogP contribution in [0, 0.1) is 11.3 Å². The van der Waals surface area contributed by atoms with Crippen LogP contribution in [0.15, 0.2) is 12.7 Å². The fourth-order valence-corrected chi connectivity index (χ4v) is 2.42. The van der Waals surface area contributed by atoms with Crippen LogP contribution in [-0.4, -0.2) is 41.8 Å². The van der Waals surface area contributed by atoms with Crippen molar-refractivity contribution in [1.29, 1.82) is 0 Å². The van der Waals surface area contributed by atoms with Crippen LogP contribution < -0.4 is 0 Å². The Kier molecular flexibility index (Phi) is 2.61. The van der Waals surface area contributed by atoms with E-state index in [9.17, 15) is 9.59 Å². The standard InChI is InChI=1S/C11H15NO4/c1-2-5-16-10(15)12-4-3-11(7-12)6-8(11)9(13)14/h2,8H,1,3-7H2,(H,13,14). The first-order valence-corrected chi connectivity index (χ1v) is 5.34. The summed E-state index contributed by atoms with van der Waals surface area (Å²) < 4.78 is 4.91. The van der Waals surface area contributed by atoms with Gasteiger partial charge < -0.3 is 14.7 Å². The summed E-state index contributed by atoms with van der Waals surface area (Å²) in [5.41, 5.74) is -0.168. The predicted molar refractivity (Wildman–Crippen MR) is 55.9 cm³/mol. The van der Waals surface area contributed by atoms with E-state index < -0.39 is 5.97 Å². The molecule has 88 valence electrons. The van der Waals surface area contributed by atoms with Crippen molar-refractivity contribution in [3.8, 4) is 0 Å². The fourth-order valence-electron chi connectivity index (χ4n) is 2.42. The number of hydrogen-bond donors (Lipinski definition) is 1. The molecule has 1 saturated heterocycles. The number of ether oxygens (including phenoxy) is 1. The van der Waals surface area contributed by atoms with E-state index in [0.29, 0.717) is 19.5 Å². The molecule has 5 heteroatoms. The Balaban J connectivity index is 1.87. The van der Waals surface area contributed by atoms with E-state index >= 15 is 0 Å². The van der Waals surface area contributed by atoms with Gasteiger partial charge in [-0.25, -0.2) is 4.79 Å². The summed E-state index contributed by atoms with van der Waals surface area (Å²) in [6.45, 7) is 4.77. The van der Waals surface area contributed by atoms with Gasteiger partial charge in [0.2, 0.25) is 0 Å². The van der Waals surface area contributed by atoms with Crippen LogP contribution in [0.4, 0.5) is 4.79 Å². The Hall–Kier alpha value is -1.52. The summed E-state index contributed by atoms with van der Waals surface area (Å²) in [7, 11) is 0. The Morgan fingerprint density at radius 1 is 1.62 bits per heavy atom. The third-order valence-corrected chi connectivity index (χ3v) is 3.46. The highest BCUT2D eigenvalue weighted by Crippen LogP contribution is 2.58. The SMILES string of the molecule is C=CCOC(=O)N1CCC2(CC2C(=O)O)C1. The number of aliphatic carboxylic acids is 1. The lowest BCUT2D eigenvalue weighted by molar-refractivity contribution is -0.139. The molecular formula is C11H15NO4. The van der Waals surface area contributed by atoms with Crippen molar-refractivity contribution < 1.29 is 19.4 Å². The highest BCUT2D eigenvalue weighted by Gasteiger charge is 2.61. The molecule has 1 aliphatic heterocycles. The minimum Gasteiger partial charge on any atom is -0.481 e. The normalized spacial score (nSPS) is 31.5. The number of hydrogen-bond acceptors (Lipinski definition) is 3. The predicted octanol–water partition coefficient (Wildman–Crippen LogP) is 1.11. The number of likely N-dealkylation sites (tertiary alicyclic amines) is 1. The topological polar surface area (TPSA) is 66.8 Å². The van der Waals surface area contributed by atoms with E-state index in [1.807, 2.05) is 0 Å². The van der Waals surface area contributed by atoms with Crippen LogP contribution in [0.25, 0.3) is 0 Å². The molecule has 1 saturated carbocycles. The van der Waals surface area contributed by atoms with Crippen molar-refractivity contribution in [3.05, 3.63) is 12.7 Å². The zero-order valence-corrected chi connectivity index (χ0v) is 9.02.